The lowest BCUT2D eigenvalue weighted by atomic mass is 10.0. The van der Waals surface area contributed by atoms with Crippen LogP contribution in [-0.2, 0) is 22.4 Å². The molecular weight excluding hydrogens is 526 g/mol. The Kier molecular flexibility index (Phi) is 6.38. The summed E-state index contributed by atoms with van der Waals surface area (Å²) in [6.07, 6.45) is 5.00. The summed E-state index contributed by atoms with van der Waals surface area (Å²) in [5, 5.41) is 14.0. The van der Waals surface area contributed by atoms with Gasteiger partial charge in [0, 0.05) is 38.2 Å². The van der Waals surface area contributed by atoms with E-state index in [9.17, 15) is 9.59 Å². The highest BCUT2D eigenvalue weighted by atomic mass is 35.5. The second-order valence-electron chi connectivity index (χ2n) is 8.88. The van der Waals surface area contributed by atoms with Crippen molar-refractivity contribution in [1.82, 2.24) is 34.7 Å². The molecule has 1 atom stereocenters. The molecule has 0 amide bonds. The SMILES string of the molecule is CCOC(=O)Cc1cc(-c2cnc([C@@H]3CCc4cc(-c5cc(Cl)ccc5-n5cnnn5)cc(=O)n43)[nH]2)cs1. The third-order valence-corrected chi connectivity index (χ3v) is 7.67. The number of halogens is 1. The van der Waals surface area contributed by atoms with Gasteiger partial charge in [-0.1, -0.05) is 11.6 Å². The van der Waals surface area contributed by atoms with Crippen molar-refractivity contribution in [1.29, 1.82) is 0 Å². The van der Waals surface area contributed by atoms with E-state index in [0.717, 1.165) is 57.3 Å². The first kappa shape index (κ1) is 24.3. The molecule has 0 bridgehead atoms. The number of H-pyrrole nitrogens is 1. The predicted octanol–water partition coefficient (Wildman–Crippen LogP) is 4.24. The van der Waals surface area contributed by atoms with E-state index in [1.165, 1.54) is 17.7 Å². The van der Waals surface area contributed by atoms with Crippen LogP contribution in [-0.4, -0.2) is 47.3 Å². The van der Waals surface area contributed by atoms with Crippen molar-refractivity contribution in [3.63, 3.8) is 0 Å². The summed E-state index contributed by atoms with van der Waals surface area (Å²) in [5.41, 5.74) is 4.84. The van der Waals surface area contributed by atoms with Crippen LogP contribution in [0.2, 0.25) is 5.02 Å². The Morgan fingerprint density at radius 3 is 2.95 bits per heavy atom. The first-order valence-electron chi connectivity index (χ1n) is 12.1. The van der Waals surface area contributed by atoms with Crippen molar-refractivity contribution in [2.24, 2.45) is 0 Å². The van der Waals surface area contributed by atoms with Gasteiger partial charge >= 0.3 is 5.97 Å². The van der Waals surface area contributed by atoms with Crippen molar-refractivity contribution in [2.75, 3.05) is 6.61 Å². The first-order valence-corrected chi connectivity index (χ1v) is 13.3. The third-order valence-electron chi connectivity index (χ3n) is 6.50. The standard InChI is InChI=1S/C26H22ClN7O3S/c1-2-37-25(36)11-19-8-16(13-38-19)21-12-28-26(30-21)23-6-4-18-7-15(9-24(35)34(18)23)20-10-17(27)3-5-22(20)33-14-29-31-32-33/h3,5,7-10,12-14,23H,2,4,6,11H2,1H3,(H,28,30)/t23-/m0/s1. The number of rotatable bonds is 7. The van der Waals surface area contributed by atoms with Gasteiger partial charge in [0.2, 0.25) is 0 Å². The Bertz CT molecular complexity index is 1690. The van der Waals surface area contributed by atoms with Crippen LogP contribution in [0.3, 0.4) is 0 Å². The number of benzene rings is 1. The van der Waals surface area contributed by atoms with E-state index in [-0.39, 0.29) is 24.0 Å². The molecule has 4 aromatic heterocycles. The van der Waals surface area contributed by atoms with Gasteiger partial charge in [-0.05, 0) is 66.1 Å². The normalized spacial score (nSPS) is 14.5. The van der Waals surface area contributed by atoms with Gasteiger partial charge in [0.05, 0.1) is 36.6 Å². The summed E-state index contributed by atoms with van der Waals surface area (Å²) in [6.45, 7) is 2.16. The fourth-order valence-corrected chi connectivity index (χ4v) is 5.88. The molecule has 1 N–H and O–H groups in total. The number of pyridine rings is 1. The van der Waals surface area contributed by atoms with Crippen LogP contribution in [0.25, 0.3) is 28.1 Å². The number of tetrazole rings is 1. The number of imidazole rings is 1. The number of esters is 1. The maximum Gasteiger partial charge on any atom is 0.311 e. The maximum atomic E-state index is 13.4. The number of hydrogen-bond donors (Lipinski definition) is 1. The van der Waals surface area contributed by atoms with E-state index in [4.69, 9.17) is 16.3 Å². The molecule has 192 valence electrons. The molecule has 38 heavy (non-hydrogen) atoms. The summed E-state index contributed by atoms with van der Waals surface area (Å²) in [6, 6.07) is 10.8. The summed E-state index contributed by atoms with van der Waals surface area (Å²) in [7, 11) is 0. The monoisotopic (exact) mass is 547 g/mol. The summed E-state index contributed by atoms with van der Waals surface area (Å²) < 4.78 is 8.39. The Labute approximate surface area is 225 Å². The number of fused-ring (bicyclic) bond motifs is 1. The van der Waals surface area contributed by atoms with E-state index in [1.807, 2.05) is 29.6 Å². The lowest BCUT2D eigenvalue weighted by molar-refractivity contribution is -0.142. The number of aryl methyl sites for hydroxylation is 1. The highest BCUT2D eigenvalue weighted by Gasteiger charge is 2.28. The van der Waals surface area contributed by atoms with E-state index >= 15 is 0 Å². The number of nitrogens with one attached hydrogen (secondary N) is 1. The average Bonchev–Trinajstić information content (AvgIpc) is 3.70. The number of hydrogen-bond acceptors (Lipinski definition) is 8. The van der Waals surface area contributed by atoms with Crippen molar-refractivity contribution in [3.8, 4) is 28.1 Å². The molecule has 0 saturated carbocycles. The topological polar surface area (TPSA) is 121 Å². The fraction of sp³-hybridized carbons (Fsp3) is 0.231. The first-order chi connectivity index (χ1) is 18.5. The molecule has 0 unspecified atom stereocenters. The van der Waals surface area contributed by atoms with Crippen LogP contribution < -0.4 is 5.56 Å². The number of aromatic nitrogens is 7. The second-order valence-corrected chi connectivity index (χ2v) is 10.3. The second kappa shape index (κ2) is 9.99. The minimum atomic E-state index is -0.240. The van der Waals surface area contributed by atoms with E-state index in [0.29, 0.717) is 11.6 Å². The van der Waals surface area contributed by atoms with E-state index < -0.39 is 0 Å². The number of carbonyl (C=O) groups is 1. The molecule has 0 aliphatic carbocycles. The van der Waals surface area contributed by atoms with Crippen LogP contribution in [0.15, 0.2) is 59.1 Å². The molecule has 1 aliphatic rings. The Balaban J connectivity index is 1.29. The summed E-state index contributed by atoms with van der Waals surface area (Å²) in [5.74, 6) is 0.485. The Morgan fingerprint density at radius 1 is 1.24 bits per heavy atom. The lowest BCUT2D eigenvalue weighted by Crippen LogP contribution is -2.23. The van der Waals surface area contributed by atoms with E-state index in [1.54, 1.807) is 34.5 Å². The quantitative estimate of drug-likeness (QED) is 0.302. The van der Waals surface area contributed by atoms with Crippen molar-refractivity contribution in [2.45, 2.75) is 32.2 Å². The molecule has 1 aliphatic heterocycles. The smallest absolute Gasteiger partial charge is 0.311 e. The molecule has 5 aromatic rings. The van der Waals surface area contributed by atoms with Gasteiger partial charge in [0.1, 0.15) is 12.2 Å². The van der Waals surface area contributed by atoms with Gasteiger partial charge in [-0.3, -0.25) is 9.59 Å². The number of aromatic amines is 1. The molecule has 0 radical (unpaired) electrons. The zero-order chi connectivity index (χ0) is 26.2. The van der Waals surface area contributed by atoms with Gasteiger partial charge in [0.25, 0.3) is 5.56 Å². The molecule has 12 heteroatoms. The highest BCUT2D eigenvalue weighted by Crippen LogP contribution is 2.34. The maximum absolute atomic E-state index is 13.4. The highest BCUT2D eigenvalue weighted by molar-refractivity contribution is 7.10. The Morgan fingerprint density at radius 2 is 2.13 bits per heavy atom. The zero-order valence-corrected chi connectivity index (χ0v) is 21.9. The lowest BCUT2D eigenvalue weighted by Gasteiger charge is -2.15. The minimum Gasteiger partial charge on any atom is -0.466 e. The van der Waals surface area contributed by atoms with Crippen molar-refractivity contribution >= 4 is 28.9 Å². The van der Waals surface area contributed by atoms with Crippen LogP contribution in [0.1, 0.15) is 35.8 Å². The van der Waals surface area contributed by atoms with Gasteiger partial charge < -0.3 is 14.3 Å². The molecule has 5 heterocycles. The molecule has 6 rings (SSSR count). The molecule has 10 nitrogen and oxygen atoms in total. The van der Waals surface area contributed by atoms with Crippen molar-refractivity contribution < 1.29 is 9.53 Å². The zero-order valence-electron chi connectivity index (χ0n) is 20.3. The molecule has 0 fully saturated rings. The van der Waals surface area contributed by atoms with Gasteiger partial charge in [-0.25, -0.2) is 4.98 Å². The fourth-order valence-electron chi connectivity index (χ4n) is 4.84. The predicted molar refractivity (Wildman–Crippen MR) is 143 cm³/mol. The summed E-state index contributed by atoms with van der Waals surface area (Å²) >= 11 is 7.81. The van der Waals surface area contributed by atoms with Crippen LogP contribution >= 0.6 is 22.9 Å². The molecule has 1 aromatic carbocycles. The van der Waals surface area contributed by atoms with Gasteiger partial charge in [-0.15, -0.1) is 16.4 Å². The van der Waals surface area contributed by atoms with E-state index in [2.05, 4.69) is 25.5 Å². The van der Waals surface area contributed by atoms with Crippen LogP contribution in [0.4, 0.5) is 0 Å². The van der Waals surface area contributed by atoms with Crippen LogP contribution in [0.5, 0.6) is 0 Å². The minimum absolute atomic E-state index is 0.118. The molecule has 0 spiro atoms. The van der Waals surface area contributed by atoms with Gasteiger partial charge in [0.15, 0.2) is 0 Å². The number of ether oxygens (including phenoxy) is 1. The number of thiophene rings is 1. The van der Waals surface area contributed by atoms with Crippen molar-refractivity contribution in [3.05, 3.63) is 86.1 Å². The number of carbonyl (C=O) groups excluding carboxylic acids is 1. The van der Waals surface area contributed by atoms with Gasteiger partial charge in [-0.2, -0.15) is 4.68 Å². The Hall–Kier alpha value is -4.09. The molecule has 0 saturated heterocycles. The van der Waals surface area contributed by atoms with Crippen LogP contribution in [0, 0.1) is 0 Å². The largest absolute Gasteiger partial charge is 0.466 e. The summed E-state index contributed by atoms with van der Waals surface area (Å²) in [4.78, 5) is 34.1. The molecular formula is C26H22ClN7O3S. The third kappa shape index (κ3) is 4.54. The number of nitrogens with zero attached hydrogens (tertiary/aromatic N) is 6. The average molecular weight is 548 g/mol.